The van der Waals surface area contributed by atoms with Crippen LogP contribution >= 0.6 is 0 Å². The smallest absolute Gasteiger partial charge is 0.302 e. The SMILES string of the molecule is CCC(O)C=CCOC(C)=O. The van der Waals surface area contributed by atoms with Gasteiger partial charge in [-0.2, -0.15) is 0 Å². The number of aliphatic hydroxyl groups excluding tert-OH is 1. The van der Waals surface area contributed by atoms with E-state index in [4.69, 9.17) is 5.11 Å². The molecule has 64 valence electrons. The van der Waals surface area contributed by atoms with Crippen LogP contribution in [0.1, 0.15) is 20.3 Å². The molecule has 0 rings (SSSR count). The minimum atomic E-state index is -0.425. The second-order valence-corrected chi connectivity index (χ2v) is 2.21. The second kappa shape index (κ2) is 5.92. The molecule has 0 heterocycles. The molecule has 0 saturated carbocycles. The number of hydrogen-bond donors (Lipinski definition) is 1. The fourth-order valence-electron chi connectivity index (χ4n) is 0.514. The van der Waals surface area contributed by atoms with Crippen LogP contribution in [0.5, 0.6) is 0 Å². The number of carbonyl (C=O) groups excluding carboxylic acids is 1. The van der Waals surface area contributed by atoms with Gasteiger partial charge in [-0.05, 0) is 12.5 Å². The maximum Gasteiger partial charge on any atom is 0.302 e. The van der Waals surface area contributed by atoms with Crippen LogP contribution in [0.4, 0.5) is 0 Å². The largest absolute Gasteiger partial charge is 0.462 e. The van der Waals surface area contributed by atoms with Crippen LogP contribution < -0.4 is 0 Å². The zero-order chi connectivity index (χ0) is 8.69. The van der Waals surface area contributed by atoms with Crippen molar-refractivity contribution >= 4 is 5.97 Å². The summed E-state index contributed by atoms with van der Waals surface area (Å²) in [5.74, 6) is -0.305. The summed E-state index contributed by atoms with van der Waals surface area (Å²) >= 11 is 0. The van der Waals surface area contributed by atoms with Gasteiger partial charge in [-0.3, -0.25) is 4.79 Å². The van der Waals surface area contributed by atoms with Gasteiger partial charge in [0, 0.05) is 6.92 Å². The third-order valence-electron chi connectivity index (χ3n) is 1.16. The van der Waals surface area contributed by atoms with Gasteiger partial charge < -0.3 is 9.84 Å². The molecule has 0 aliphatic rings. The topological polar surface area (TPSA) is 46.5 Å². The lowest BCUT2D eigenvalue weighted by molar-refractivity contribution is -0.139. The Hall–Kier alpha value is -0.830. The average molecular weight is 158 g/mol. The van der Waals surface area contributed by atoms with Gasteiger partial charge in [0.1, 0.15) is 6.61 Å². The standard InChI is InChI=1S/C8H14O3/c1-3-8(10)5-4-6-11-7(2)9/h4-5,8,10H,3,6H2,1-2H3. The van der Waals surface area contributed by atoms with Crippen LogP contribution in [0.25, 0.3) is 0 Å². The van der Waals surface area contributed by atoms with Crippen LogP contribution in [0.2, 0.25) is 0 Å². The van der Waals surface area contributed by atoms with Crippen LogP contribution in [0.3, 0.4) is 0 Å². The normalized spacial score (nSPS) is 13.4. The van der Waals surface area contributed by atoms with Gasteiger partial charge in [0.05, 0.1) is 6.10 Å². The molecule has 3 nitrogen and oxygen atoms in total. The molecule has 0 saturated heterocycles. The molecule has 0 aromatic heterocycles. The minimum absolute atomic E-state index is 0.242. The summed E-state index contributed by atoms with van der Waals surface area (Å²) in [6.07, 6.45) is 3.50. The molecule has 0 fully saturated rings. The molecule has 11 heavy (non-hydrogen) atoms. The summed E-state index contributed by atoms with van der Waals surface area (Å²) in [6, 6.07) is 0. The number of ether oxygens (including phenoxy) is 1. The first-order chi connectivity index (χ1) is 5.16. The monoisotopic (exact) mass is 158 g/mol. The van der Waals surface area contributed by atoms with Gasteiger partial charge in [-0.1, -0.05) is 13.0 Å². The van der Waals surface area contributed by atoms with E-state index in [-0.39, 0.29) is 12.6 Å². The van der Waals surface area contributed by atoms with Gasteiger partial charge in [0.25, 0.3) is 0 Å². The zero-order valence-corrected chi connectivity index (χ0v) is 6.91. The Labute approximate surface area is 66.7 Å². The first kappa shape index (κ1) is 10.2. The Morgan fingerprint density at radius 2 is 2.36 bits per heavy atom. The Kier molecular flexibility index (Phi) is 5.47. The molecule has 1 atom stereocenters. The van der Waals surface area contributed by atoms with Crippen LogP contribution in [-0.2, 0) is 9.53 Å². The van der Waals surface area contributed by atoms with Crippen LogP contribution in [0.15, 0.2) is 12.2 Å². The van der Waals surface area contributed by atoms with Gasteiger partial charge in [0.15, 0.2) is 0 Å². The summed E-state index contributed by atoms with van der Waals surface area (Å²) in [5, 5.41) is 9.00. The van der Waals surface area contributed by atoms with E-state index in [2.05, 4.69) is 4.74 Å². The molecular formula is C8H14O3. The summed E-state index contributed by atoms with van der Waals surface area (Å²) in [5.41, 5.74) is 0. The van der Waals surface area contributed by atoms with Crippen LogP contribution in [-0.4, -0.2) is 23.8 Å². The van der Waals surface area contributed by atoms with Crippen LogP contribution in [0, 0.1) is 0 Å². The Morgan fingerprint density at radius 1 is 1.73 bits per heavy atom. The third-order valence-corrected chi connectivity index (χ3v) is 1.16. The van der Waals surface area contributed by atoms with Crippen molar-refractivity contribution in [2.75, 3.05) is 6.61 Å². The zero-order valence-electron chi connectivity index (χ0n) is 6.91. The predicted molar refractivity (Wildman–Crippen MR) is 42.1 cm³/mol. The van der Waals surface area contributed by atoms with Gasteiger partial charge in [0.2, 0.25) is 0 Å². The second-order valence-electron chi connectivity index (χ2n) is 2.21. The lowest BCUT2D eigenvalue weighted by atomic mass is 10.2. The minimum Gasteiger partial charge on any atom is -0.462 e. The molecule has 0 spiro atoms. The van der Waals surface area contributed by atoms with Crippen molar-refractivity contribution in [1.29, 1.82) is 0 Å². The molecule has 0 aliphatic carbocycles. The van der Waals surface area contributed by atoms with E-state index >= 15 is 0 Å². The lowest BCUT2D eigenvalue weighted by Crippen LogP contribution is -2.01. The fraction of sp³-hybridized carbons (Fsp3) is 0.625. The van der Waals surface area contributed by atoms with Crippen molar-refractivity contribution in [2.45, 2.75) is 26.4 Å². The molecule has 0 radical (unpaired) electrons. The maximum absolute atomic E-state index is 10.2. The summed E-state index contributed by atoms with van der Waals surface area (Å²) in [7, 11) is 0. The maximum atomic E-state index is 10.2. The summed E-state index contributed by atoms with van der Waals surface area (Å²) in [6.45, 7) is 3.47. The van der Waals surface area contributed by atoms with E-state index in [1.165, 1.54) is 6.92 Å². The highest BCUT2D eigenvalue weighted by atomic mass is 16.5. The highest BCUT2D eigenvalue weighted by molar-refractivity contribution is 5.65. The summed E-state index contributed by atoms with van der Waals surface area (Å²) < 4.78 is 4.60. The molecule has 0 aliphatic heterocycles. The fourth-order valence-corrected chi connectivity index (χ4v) is 0.514. The van der Waals surface area contributed by atoms with E-state index in [1.54, 1.807) is 12.2 Å². The van der Waals surface area contributed by atoms with Gasteiger partial charge in [-0.15, -0.1) is 0 Å². The Bertz CT molecular complexity index is 140. The summed E-state index contributed by atoms with van der Waals surface area (Å²) in [4.78, 5) is 10.2. The highest BCUT2D eigenvalue weighted by Crippen LogP contribution is 1.91. The van der Waals surface area contributed by atoms with Gasteiger partial charge >= 0.3 is 5.97 Å². The van der Waals surface area contributed by atoms with E-state index < -0.39 is 6.10 Å². The molecule has 0 aromatic carbocycles. The van der Waals surface area contributed by atoms with E-state index in [1.807, 2.05) is 6.92 Å². The molecule has 0 bridgehead atoms. The molecule has 0 aromatic rings. The van der Waals surface area contributed by atoms with Crippen molar-refractivity contribution < 1.29 is 14.6 Å². The first-order valence-electron chi connectivity index (χ1n) is 3.65. The number of carbonyl (C=O) groups is 1. The third kappa shape index (κ3) is 7.06. The Morgan fingerprint density at radius 3 is 2.82 bits per heavy atom. The quantitative estimate of drug-likeness (QED) is 0.488. The van der Waals surface area contributed by atoms with E-state index in [0.717, 1.165) is 0 Å². The van der Waals surface area contributed by atoms with Crippen molar-refractivity contribution in [3.05, 3.63) is 12.2 Å². The number of esters is 1. The van der Waals surface area contributed by atoms with Gasteiger partial charge in [-0.25, -0.2) is 0 Å². The lowest BCUT2D eigenvalue weighted by Gasteiger charge is -1.99. The average Bonchev–Trinajstić information content (AvgIpc) is 1.97. The van der Waals surface area contributed by atoms with E-state index in [9.17, 15) is 4.79 Å². The van der Waals surface area contributed by atoms with Crippen molar-refractivity contribution in [1.82, 2.24) is 0 Å². The molecular weight excluding hydrogens is 144 g/mol. The first-order valence-corrected chi connectivity index (χ1v) is 3.65. The van der Waals surface area contributed by atoms with Crippen molar-refractivity contribution in [2.24, 2.45) is 0 Å². The Balaban J connectivity index is 3.36. The van der Waals surface area contributed by atoms with Crippen molar-refractivity contribution in [3.63, 3.8) is 0 Å². The van der Waals surface area contributed by atoms with Crippen molar-refractivity contribution in [3.8, 4) is 0 Å². The number of rotatable bonds is 4. The molecule has 3 heteroatoms. The number of hydrogen-bond acceptors (Lipinski definition) is 3. The molecule has 1 unspecified atom stereocenters. The highest BCUT2D eigenvalue weighted by Gasteiger charge is 1.92. The van der Waals surface area contributed by atoms with E-state index in [0.29, 0.717) is 6.42 Å². The molecule has 0 amide bonds. The molecule has 1 N–H and O–H groups in total. The number of aliphatic hydroxyl groups is 1. The predicted octanol–water partition coefficient (Wildman–Crippen LogP) is 0.877.